The Labute approximate surface area is 208 Å². The number of methoxy groups -OCH3 is 2. The Balaban J connectivity index is 1.76. The molecule has 0 N–H and O–H groups in total. The number of hydrogen-bond donors (Lipinski definition) is 0. The molecular formula is C28H50O6. The molecule has 0 spiro atoms. The van der Waals surface area contributed by atoms with E-state index in [0.29, 0.717) is 36.5 Å². The fraction of sp³-hybridized carbons (Fsp3) is 0.929. The van der Waals surface area contributed by atoms with Crippen molar-refractivity contribution in [2.45, 2.75) is 129 Å². The first-order valence-corrected chi connectivity index (χ1v) is 13.5. The molecule has 3 rings (SSSR count). The number of rotatable bonds is 7. The van der Waals surface area contributed by atoms with Gasteiger partial charge in [0.15, 0.2) is 6.29 Å². The maximum Gasteiger partial charge on any atom is 0.202 e. The van der Waals surface area contributed by atoms with Gasteiger partial charge in [0.1, 0.15) is 12.2 Å². The second kappa shape index (κ2) is 12.1. The summed E-state index contributed by atoms with van der Waals surface area (Å²) in [7, 11) is 3.55. The van der Waals surface area contributed by atoms with Gasteiger partial charge in [-0.25, -0.2) is 0 Å². The van der Waals surface area contributed by atoms with Crippen LogP contribution < -0.4 is 0 Å². The van der Waals surface area contributed by atoms with Crippen LogP contribution in [0.1, 0.15) is 86.5 Å². The van der Waals surface area contributed by atoms with Gasteiger partial charge in [0.25, 0.3) is 0 Å². The van der Waals surface area contributed by atoms with E-state index in [9.17, 15) is 0 Å². The zero-order chi connectivity index (χ0) is 25.0. The van der Waals surface area contributed by atoms with Gasteiger partial charge in [-0.15, -0.1) is 0 Å². The van der Waals surface area contributed by atoms with E-state index in [2.05, 4.69) is 41.2 Å². The third kappa shape index (κ3) is 6.56. The summed E-state index contributed by atoms with van der Waals surface area (Å²) < 4.78 is 36.9. The van der Waals surface area contributed by atoms with Crippen LogP contribution >= 0.6 is 0 Å². The Hall–Kier alpha value is -0.660. The summed E-state index contributed by atoms with van der Waals surface area (Å²) in [5.74, 6) is 1.89. The van der Waals surface area contributed by atoms with Crippen LogP contribution in [0.5, 0.6) is 0 Å². The topological polar surface area (TPSA) is 58.7 Å². The van der Waals surface area contributed by atoms with Gasteiger partial charge in [-0.05, 0) is 43.9 Å². The molecule has 0 aromatic carbocycles. The lowest BCUT2D eigenvalue weighted by atomic mass is 9.79. The Kier molecular flexibility index (Phi) is 9.90. The second-order valence-electron chi connectivity index (χ2n) is 11.3. The molecule has 3 heterocycles. The largest absolute Gasteiger partial charge is 0.495 e. The second-order valence-corrected chi connectivity index (χ2v) is 11.3. The molecule has 3 aliphatic heterocycles. The van der Waals surface area contributed by atoms with Crippen LogP contribution in [0.3, 0.4) is 0 Å². The summed E-state index contributed by atoms with van der Waals surface area (Å²) in [5, 5.41) is 0. The molecule has 3 aliphatic rings. The highest BCUT2D eigenvalue weighted by atomic mass is 16.8. The minimum Gasteiger partial charge on any atom is -0.495 e. The van der Waals surface area contributed by atoms with Crippen LogP contribution in [0.15, 0.2) is 12.3 Å². The number of unbranched alkanes of at least 4 members (excludes halogenated alkanes) is 1. The van der Waals surface area contributed by atoms with Crippen molar-refractivity contribution < 1.29 is 28.4 Å². The van der Waals surface area contributed by atoms with Crippen molar-refractivity contribution in [1.82, 2.24) is 0 Å². The van der Waals surface area contributed by atoms with Crippen LogP contribution in [-0.4, -0.2) is 56.8 Å². The molecule has 3 saturated heterocycles. The maximum absolute atomic E-state index is 6.63. The molecule has 0 aliphatic carbocycles. The summed E-state index contributed by atoms with van der Waals surface area (Å²) in [6, 6.07) is 0. The molecule has 198 valence electrons. The molecule has 6 nitrogen and oxygen atoms in total. The minimum atomic E-state index is -0.553. The molecule has 11 unspecified atom stereocenters. The summed E-state index contributed by atoms with van der Waals surface area (Å²) in [6.07, 6.45) is 6.56. The average Bonchev–Trinajstić information content (AvgIpc) is 3.51. The smallest absolute Gasteiger partial charge is 0.202 e. The van der Waals surface area contributed by atoms with Gasteiger partial charge in [-0.3, -0.25) is 0 Å². The first-order valence-electron chi connectivity index (χ1n) is 13.5. The predicted molar refractivity (Wildman–Crippen MR) is 133 cm³/mol. The van der Waals surface area contributed by atoms with Gasteiger partial charge in [-0.2, -0.15) is 0 Å². The number of hydrogen-bond acceptors (Lipinski definition) is 6. The fourth-order valence-electron chi connectivity index (χ4n) is 6.45. The first-order chi connectivity index (χ1) is 16.1. The molecule has 3 fully saturated rings. The summed E-state index contributed by atoms with van der Waals surface area (Å²) in [4.78, 5) is 0. The van der Waals surface area contributed by atoms with Crippen molar-refractivity contribution in [2.75, 3.05) is 14.2 Å². The summed E-state index contributed by atoms with van der Waals surface area (Å²) in [6.45, 7) is 17.8. The third-order valence-electron chi connectivity index (χ3n) is 8.33. The maximum atomic E-state index is 6.63. The van der Waals surface area contributed by atoms with Gasteiger partial charge >= 0.3 is 0 Å². The summed E-state index contributed by atoms with van der Waals surface area (Å²) >= 11 is 0. The number of fused-ring (bicyclic) bond motifs is 1. The van der Waals surface area contributed by atoms with Crippen molar-refractivity contribution in [3.63, 3.8) is 0 Å². The highest BCUT2D eigenvalue weighted by molar-refractivity contribution is 5.02. The van der Waals surface area contributed by atoms with Crippen LogP contribution in [-0.2, 0) is 28.4 Å². The van der Waals surface area contributed by atoms with Crippen LogP contribution in [0.25, 0.3) is 0 Å². The van der Waals surface area contributed by atoms with E-state index in [1.807, 2.05) is 14.0 Å². The average molecular weight is 483 g/mol. The van der Waals surface area contributed by atoms with Crippen LogP contribution in [0.2, 0.25) is 0 Å². The van der Waals surface area contributed by atoms with E-state index in [-0.39, 0.29) is 36.8 Å². The quantitative estimate of drug-likeness (QED) is 0.410. The molecule has 0 bridgehead atoms. The van der Waals surface area contributed by atoms with Crippen molar-refractivity contribution >= 4 is 0 Å². The van der Waals surface area contributed by atoms with Gasteiger partial charge < -0.3 is 28.4 Å². The molecule has 11 atom stereocenters. The Morgan fingerprint density at radius 3 is 2.41 bits per heavy atom. The third-order valence-corrected chi connectivity index (χ3v) is 8.33. The molecule has 0 saturated carbocycles. The van der Waals surface area contributed by atoms with Gasteiger partial charge in [-0.1, -0.05) is 54.0 Å². The molecule has 0 amide bonds. The zero-order valence-corrected chi connectivity index (χ0v) is 22.9. The first kappa shape index (κ1) is 27.9. The lowest BCUT2D eigenvalue weighted by molar-refractivity contribution is -0.237. The Bertz CT molecular complexity index is 655. The molecule has 6 heteroatoms. The van der Waals surface area contributed by atoms with E-state index in [4.69, 9.17) is 28.4 Å². The molecule has 34 heavy (non-hydrogen) atoms. The van der Waals surface area contributed by atoms with Crippen molar-refractivity contribution in [1.29, 1.82) is 0 Å². The van der Waals surface area contributed by atoms with Crippen LogP contribution in [0, 0.1) is 23.7 Å². The highest BCUT2D eigenvalue weighted by Gasteiger charge is 2.65. The SMILES string of the molecule is C=C1CC(OC2CC3(OC)OC3C(C)O2)C(C)CC(C)CC(C)C(OC)C(C)C(CCCC)O1. The van der Waals surface area contributed by atoms with Crippen LogP contribution in [0.4, 0.5) is 0 Å². The van der Waals surface area contributed by atoms with E-state index < -0.39 is 5.79 Å². The number of epoxide rings is 1. The van der Waals surface area contributed by atoms with Gasteiger partial charge in [0.05, 0.1) is 30.5 Å². The van der Waals surface area contributed by atoms with E-state index in [0.717, 1.165) is 37.9 Å². The minimum absolute atomic E-state index is 0.000400. The molecule has 0 radical (unpaired) electrons. The van der Waals surface area contributed by atoms with Crippen molar-refractivity contribution in [3.8, 4) is 0 Å². The zero-order valence-electron chi connectivity index (χ0n) is 22.9. The summed E-state index contributed by atoms with van der Waals surface area (Å²) in [5.41, 5.74) is 0. The predicted octanol–water partition coefficient (Wildman–Crippen LogP) is 6.08. The van der Waals surface area contributed by atoms with Gasteiger partial charge in [0, 0.05) is 26.6 Å². The fourth-order valence-corrected chi connectivity index (χ4v) is 6.45. The van der Waals surface area contributed by atoms with Crippen molar-refractivity contribution in [3.05, 3.63) is 12.3 Å². The molecular weight excluding hydrogens is 432 g/mol. The molecule has 0 aromatic heterocycles. The van der Waals surface area contributed by atoms with Crippen molar-refractivity contribution in [2.24, 2.45) is 23.7 Å². The molecule has 0 aromatic rings. The lowest BCUT2D eigenvalue weighted by Crippen LogP contribution is -2.43. The van der Waals surface area contributed by atoms with Gasteiger partial charge in [0.2, 0.25) is 5.79 Å². The lowest BCUT2D eigenvalue weighted by Gasteiger charge is -2.39. The van der Waals surface area contributed by atoms with E-state index in [1.54, 1.807) is 7.11 Å². The van der Waals surface area contributed by atoms with E-state index in [1.165, 1.54) is 0 Å². The Morgan fingerprint density at radius 1 is 1.06 bits per heavy atom. The standard InChI is InChI=1S/C28H50O6/c1-10-11-12-23-21(6)26(29-8)19(4)14-17(2)13-18(3)24(15-20(5)31-23)33-25-16-28(30-9)27(34-28)22(7)32-25/h17-19,21-27H,5,10-16H2,1-4,6-9H3. The highest BCUT2D eigenvalue weighted by Crippen LogP contribution is 2.49. The monoisotopic (exact) mass is 482 g/mol. The normalized spacial score (nSPS) is 46.1. The van der Waals surface area contributed by atoms with E-state index >= 15 is 0 Å². The Morgan fingerprint density at radius 2 is 1.76 bits per heavy atom. The number of ether oxygens (including phenoxy) is 6.